The Balaban J connectivity index is 1.35. The zero-order valence-corrected chi connectivity index (χ0v) is 19.3. The first kappa shape index (κ1) is 24.2. The van der Waals surface area contributed by atoms with Crippen molar-refractivity contribution in [2.24, 2.45) is 0 Å². The van der Waals surface area contributed by atoms with Crippen LogP contribution in [0.1, 0.15) is 36.0 Å². The Morgan fingerprint density at radius 2 is 1.56 bits per heavy atom. The highest BCUT2D eigenvalue weighted by Crippen LogP contribution is 2.26. The van der Waals surface area contributed by atoms with Gasteiger partial charge in [-0.3, -0.25) is 19.3 Å². The first-order valence-electron chi connectivity index (χ1n) is 11.1. The van der Waals surface area contributed by atoms with Crippen LogP contribution < -0.4 is 4.90 Å². The Bertz CT molecular complexity index is 1320. The zero-order chi connectivity index (χ0) is 25.7. The largest absolute Gasteiger partial charge is 0.439 e. The molecule has 4 amide bonds. The second-order valence-corrected chi connectivity index (χ2v) is 7.88. The number of fused-ring (bicyclic) bond motifs is 2. The van der Waals surface area contributed by atoms with Crippen molar-refractivity contribution in [3.05, 3.63) is 77.4 Å². The average Bonchev–Trinajstić information content (AvgIpc) is 3.17. The zero-order valence-electron chi connectivity index (χ0n) is 19.3. The number of nitrogens with zero attached hydrogens (tertiary/aromatic N) is 3. The van der Waals surface area contributed by atoms with Crippen LogP contribution in [0.25, 0.3) is 0 Å². The molecule has 4 rings (SSSR count). The molecule has 0 aromatic heterocycles. The van der Waals surface area contributed by atoms with E-state index in [1.165, 1.54) is 11.9 Å². The fraction of sp³-hybridized carbons (Fsp3) is 0.192. The summed E-state index contributed by atoms with van der Waals surface area (Å²) in [7, 11) is 1.30. The van der Waals surface area contributed by atoms with Crippen LogP contribution in [-0.2, 0) is 35.4 Å². The van der Waals surface area contributed by atoms with Crippen molar-refractivity contribution in [3.63, 3.8) is 0 Å². The lowest BCUT2D eigenvalue weighted by Gasteiger charge is -2.27. The SMILES string of the molecule is CN(OC(=O)N1Cc2ccccc2C#Cc2ccccc21)C(=O)CCCC(=O)ON1C(=O)C=CC1=O. The highest BCUT2D eigenvalue weighted by atomic mass is 16.7. The second-order valence-electron chi connectivity index (χ2n) is 7.88. The van der Waals surface area contributed by atoms with Gasteiger partial charge < -0.3 is 9.68 Å². The molecule has 0 bridgehead atoms. The van der Waals surface area contributed by atoms with Crippen LogP contribution in [0.15, 0.2) is 60.7 Å². The molecular weight excluding hydrogens is 466 g/mol. The van der Waals surface area contributed by atoms with Gasteiger partial charge in [0.1, 0.15) is 0 Å². The minimum atomic E-state index is -0.843. The molecule has 0 N–H and O–H groups in total. The van der Waals surface area contributed by atoms with E-state index in [2.05, 4.69) is 11.8 Å². The van der Waals surface area contributed by atoms with Gasteiger partial charge in [0.25, 0.3) is 17.7 Å². The van der Waals surface area contributed by atoms with Gasteiger partial charge >= 0.3 is 12.1 Å². The van der Waals surface area contributed by atoms with Crippen molar-refractivity contribution in [1.82, 2.24) is 10.1 Å². The van der Waals surface area contributed by atoms with Crippen molar-refractivity contribution in [2.45, 2.75) is 25.8 Å². The molecule has 182 valence electrons. The summed E-state index contributed by atoms with van der Waals surface area (Å²) >= 11 is 0. The molecule has 0 spiro atoms. The van der Waals surface area contributed by atoms with Gasteiger partial charge in [-0.05, 0) is 30.2 Å². The van der Waals surface area contributed by atoms with Gasteiger partial charge in [0, 0.05) is 43.2 Å². The van der Waals surface area contributed by atoms with Crippen LogP contribution in [0.5, 0.6) is 0 Å². The second kappa shape index (κ2) is 10.6. The smallest absolute Gasteiger partial charge is 0.330 e. The van der Waals surface area contributed by atoms with Gasteiger partial charge in [0.2, 0.25) is 0 Å². The number of hydrogen-bond donors (Lipinski definition) is 0. The maximum Gasteiger partial charge on any atom is 0.439 e. The van der Waals surface area contributed by atoms with Crippen molar-refractivity contribution in [3.8, 4) is 11.8 Å². The summed E-state index contributed by atoms with van der Waals surface area (Å²) in [5.41, 5.74) is 2.80. The van der Waals surface area contributed by atoms with Gasteiger partial charge in [-0.2, -0.15) is 5.06 Å². The number of carbonyl (C=O) groups excluding carboxylic acids is 5. The van der Waals surface area contributed by atoms with E-state index in [0.29, 0.717) is 16.3 Å². The summed E-state index contributed by atoms with van der Waals surface area (Å²) in [6.45, 7) is 0.192. The summed E-state index contributed by atoms with van der Waals surface area (Å²) in [5, 5.41) is 1.16. The fourth-order valence-corrected chi connectivity index (χ4v) is 3.53. The molecule has 0 radical (unpaired) electrons. The molecule has 36 heavy (non-hydrogen) atoms. The summed E-state index contributed by atoms with van der Waals surface area (Å²) in [6.07, 6.45) is 0.896. The Kier molecular flexibility index (Phi) is 7.11. The minimum absolute atomic E-state index is 0.0543. The number of para-hydroxylation sites is 1. The lowest BCUT2D eigenvalue weighted by atomic mass is 10.0. The van der Waals surface area contributed by atoms with E-state index in [1.807, 2.05) is 30.3 Å². The van der Waals surface area contributed by atoms with E-state index < -0.39 is 29.8 Å². The van der Waals surface area contributed by atoms with E-state index in [0.717, 1.165) is 28.3 Å². The Labute approximate surface area is 206 Å². The van der Waals surface area contributed by atoms with Crippen molar-refractivity contribution in [1.29, 1.82) is 0 Å². The minimum Gasteiger partial charge on any atom is -0.330 e. The van der Waals surface area contributed by atoms with E-state index in [4.69, 9.17) is 9.68 Å². The van der Waals surface area contributed by atoms with Crippen molar-refractivity contribution < 1.29 is 33.6 Å². The van der Waals surface area contributed by atoms with Crippen LogP contribution in [-0.4, -0.2) is 47.0 Å². The fourth-order valence-electron chi connectivity index (χ4n) is 3.53. The molecule has 0 saturated carbocycles. The van der Waals surface area contributed by atoms with Gasteiger partial charge in [0.05, 0.1) is 12.2 Å². The van der Waals surface area contributed by atoms with Gasteiger partial charge in [0.15, 0.2) is 0 Å². The summed E-state index contributed by atoms with van der Waals surface area (Å²) < 4.78 is 0. The van der Waals surface area contributed by atoms with E-state index in [9.17, 15) is 24.0 Å². The molecule has 0 aliphatic carbocycles. The molecule has 2 aliphatic heterocycles. The number of benzene rings is 2. The molecule has 2 aromatic rings. The molecule has 0 saturated heterocycles. The average molecular weight is 487 g/mol. The highest BCUT2D eigenvalue weighted by Gasteiger charge is 2.28. The predicted molar refractivity (Wildman–Crippen MR) is 125 cm³/mol. The van der Waals surface area contributed by atoms with Crippen LogP contribution in [0, 0.1) is 11.8 Å². The maximum atomic E-state index is 13.1. The summed E-state index contributed by atoms with van der Waals surface area (Å²) in [6, 6.07) is 14.6. The van der Waals surface area contributed by atoms with E-state index in [1.54, 1.807) is 18.2 Å². The molecule has 0 fully saturated rings. The van der Waals surface area contributed by atoms with Crippen molar-refractivity contribution in [2.75, 3.05) is 11.9 Å². The molecule has 2 aliphatic rings. The number of anilines is 1. The number of hydrogen-bond acceptors (Lipinski definition) is 7. The standard InChI is InChI=1S/C26H21N3O7/c1-27(22(30)11-6-12-25(33)35-29-23(31)15-16-24(29)32)36-26(34)28-17-20-9-3-2-7-18(20)13-14-19-8-4-5-10-21(19)28/h2-5,7-10,15-16H,6,11-12,17H2,1H3. The van der Waals surface area contributed by atoms with Crippen molar-refractivity contribution >= 4 is 35.5 Å². The Morgan fingerprint density at radius 3 is 2.31 bits per heavy atom. The highest BCUT2D eigenvalue weighted by molar-refractivity contribution is 6.12. The number of amides is 4. The maximum absolute atomic E-state index is 13.1. The van der Waals surface area contributed by atoms with Gasteiger partial charge in [-0.15, -0.1) is 0 Å². The monoisotopic (exact) mass is 487 g/mol. The first-order chi connectivity index (χ1) is 17.3. The molecule has 10 nitrogen and oxygen atoms in total. The molecule has 0 atom stereocenters. The number of imide groups is 1. The predicted octanol–water partition coefficient (Wildman–Crippen LogP) is 2.47. The Hall–Kier alpha value is -4.91. The molecule has 0 unspecified atom stereocenters. The summed E-state index contributed by atoms with van der Waals surface area (Å²) in [4.78, 5) is 71.8. The van der Waals surface area contributed by atoms with E-state index in [-0.39, 0.29) is 25.8 Å². The number of rotatable bonds is 5. The molecule has 2 aromatic carbocycles. The van der Waals surface area contributed by atoms with Gasteiger partial charge in [-0.25, -0.2) is 9.59 Å². The third-order valence-corrected chi connectivity index (χ3v) is 5.39. The molecule has 2 heterocycles. The topological polar surface area (TPSA) is 114 Å². The van der Waals surface area contributed by atoms with Crippen LogP contribution in [0.2, 0.25) is 0 Å². The van der Waals surface area contributed by atoms with Crippen LogP contribution in [0.4, 0.5) is 10.5 Å². The number of carbonyl (C=O) groups is 5. The third-order valence-electron chi connectivity index (χ3n) is 5.39. The third kappa shape index (κ3) is 5.42. The number of hydroxylamine groups is 4. The Morgan fingerprint density at radius 1 is 0.917 bits per heavy atom. The van der Waals surface area contributed by atoms with E-state index >= 15 is 0 Å². The van der Waals surface area contributed by atoms with Crippen LogP contribution >= 0.6 is 0 Å². The van der Waals surface area contributed by atoms with Gasteiger partial charge in [-0.1, -0.05) is 47.2 Å². The first-order valence-corrected chi connectivity index (χ1v) is 11.1. The lowest BCUT2D eigenvalue weighted by molar-refractivity contribution is -0.196. The summed E-state index contributed by atoms with van der Waals surface area (Å²) in [5.74, 6) is 3.30. The quantitative estimate of drug-likeness (QED) is 0.362. The normalized spacial score (nSPS) is 13.6. The lowest BCUT2D eigenvalue weighted by Crippen LogP contribution is -2.39. The molecule has 10 heteroatoms. The molecular formula is C26H21N3O7. The van der Waals surface area contributed by atoms with Crippen LogP contribution in [0.3, 0.4) is 0 Å².